The van der Waals surface area contributed by atoms with Crippen molar-refractivity contribution >= 4 is 0 Å². The summed E-state index contributed by atoms with van der Waals surface area (Å²) in [6, 6.07) is -0.0896. The van der Waals surface area contributed by atoms with Gasteiger partial charge in [-0.25, -0.2) is 0 Å². The van der Waals surface area contributed by atoms with Crippen LogP contribution < -0.4 is 0 Å². The second-order valence-electron chi connectivity index (χ2n) is 6.59. The van der Waals surface area contributed by atoms with Gasteiger partial charge in [0.15, 0.2) is 0 Å². The first-order valence-corrected chi connectivity index (χ1v) is 8.59. The van der Waals surface area contributed by atoms with E-state index < -0.39 is 12.2 Å². The lowest BCUT2D eigenvalue weighted by atomic mass is 10.0. The summed E-state index contributed by atoms with van der Waals surface area (Å²) in [5, 5.41) is 24.3. The molecular weight excluding hydrogens is 296 g/mol. The lowest BCUT2D eigenvalue weighted by Gasteiger charge is -2.43. The molecule has 2 aliphatic rings. The fourth-order valence-electron chi connectivity index (χ4n) is 3.44. The van der Waals surface area contributed by atoms with Crippen LogP contribution in [0.1, 0.15) is 18.9 Å². The lowest BCUT2D eigenvalue weighted by molar-refractivity contribution is -0.137. The van der Waals surface area contributed by atoms with Crippen LogP contribution in [0.25, 0.3) is 0 Å². The molecule has 0 aliphatic carbocycles. The number of ether oxygens (including phenoxy) is 1. The molecule has 0 saturated carbocycles. The van der Waals surface area contributed by atoms with E-state index in [1.54, 1.807) is 0 Å². The molecular formula is C16H28N4O3. The topological polar surface area (TPSA) is 74.0 Å². The predicted octanol–water partition coefficient (Wildman–Crippen LogP) is -0.469. The van der Waals surface area contributed by atoms with E-state index in [2.05, 4.69) is 28.0 Å². The highest BCUT2D eigenvalue weighted by atomic mass is 16.5. The third-order valence-corrected chi connectivity index (χ3v) is 4.79. The first-order valence-electron chi connectivity index (χ1n) is 8.59. The Morgan fingerprint density at radius 1 is 1.22 bits per heavy atom. The Morgan fingerprint density at radius 3 is 2.74 bits per heavy atom. The average Bonchev–Trinajstić information content (AvgIpc) is 2.99. The number of aliphatic hydroxyl groups excluding tert-OH is 2. The zero-order chi connectivity index (χ0) is 16.2. The van der Waals surface area contributed by atoms with Crippen molar-refractivity contribution in [2.75, 3.05) is 39.4 Å². The van der Waals surface area contributed by atoms with Crippen LogP contribution in [-0.2, 0) is 17.8 Å². The SMILES string of the molecule is CCCn1cc(CN2CCN([C@@H]3COC[C@@H](O)[C@H]3O)CC2)cn1. The summed E-state index contributed by atoms with van der Waals surface area (Å²) in [5.74, 6) is 0. The number of aromatic nitrogens is 2. The van der Waals surface area contributed by atoms with Crippen LogP contribution >= 0.6 is 0 Å². The van der Waals surface area contributed by atoms with Crippen LogP contribution in [0.15, 0.2) is 12.4 Å². The highest BCUT2D eigenvalue weighted by Gasteiger charge is 2.36. The summed E-state index contributed by atoms with van der Waals surface area (Å²) in [6.07, 6.45) is 3.71. The van der Waals surface area contributed by atoms with Crippen LogP contribution in [0.4, 0.5) is 0 Å². The number of piperazine rings is 1. The Balaban J connectivity index is 1.48. The number of nitrogens with zero attached hydrogens (tertiary/aromatic N) is 4. The van der Waals surface area contributed by atoms with Gasteiger partial charge in [0.05, 0.1) is 31.6 Å². The van der Waals surface area contributed by atoms with E-state index in [9.17, 15) is 10.2 Å². The zero-order valence-electron chi connectivity index (χ0n) is 13.8. The van der Waals surface area contributed by atoms with E-state index in [1.165, 1.54) is 5.56 Å². The van der Waals surface area contributed by atoms with Crippen molar-refractivity contribution in [1.29, 1.82) is 0 Å². The Labute approximate surface area is 137 Å². The van der Waals surface area contributed by atoms with Gasteiger partial charge in [-0.15, -0.1) is 0 Å². The Bertz CT molecular complexity index is 487. The molecule has 7 heteroatoms. The molecule has 1 aromatic heterocycles. The second-order valence-corrected chi connectivity index (χ2v) is 6.59. The second kappa shape index (κ2) is 7.72. The minimum Gasteiger partial charge on any atom is -0.389 e. The number of aliphatic hydroxyl groups is 2. The molecule has 3 rings (SSSR count). The summed E-state index contributed by atoms with van der Waals surface area (Å²) in [5.41, 5.74) is 1.25. The van der Waals surface area contributed by atoms with Gasteiger partial charge >= 0.3 is 0 Å². The normalized spacial score (nSPS) is 30.7. The van der Waals surface area contributed by atoms with Crippen LogP contribution in [0.2, 0.25) is 0 Å². The number of rotatable bonds is 5. The van der Waals surface area contributed by atoms with Crippen molar-refractivity contribution in [2.45, 2.75) is 44.7 Å². The summed E-state index contributed by atoms with van der Waals surface area (Å²) >= 11 is 0. The zero-order valence-corrected chi connectivity index (χ0v) is 13.8. The number of hydrogen-bond donors (Lipinski definition) is 2. The minimum atomic E-state index is -0.767. The van der Waals surface area contributed by atoms with Crippen molar-refractivity contribution in [2.24, 2.45) is 0 Å². The van der Waals surface area contributed by atoms with Gasteiger partial charge in [0.25, 0.3) is 0 Å². The highest BCUT2D eigenvalue weighted by Crippen LogP contribution is 2.18. The molecule has 130 valence electrons. The molecule has 0 amide bonds. The predicted molar refractivity (Wildman–Crippen MR) is 86.0 cm³/mol. The van der Waals surface area contributed by atoms with Crippen LogP contribution in [-0.4, -0.2) is 87.4 Å². The lowest BCUT2D eigenvalue weighted by Crippen LogP contribution is -2.60. The number of hydrogen-bond acceptors (Lipinski definition) is 6. The molecule has 1 aromatic rings. The van der Waals surface area contributed by atoms with Gasteiger partial charge < -0.3 is 14.9 Å². The Hall–Kier alpha value is -0.990. The molecule has 3 atom stereocenters. The molecule has 0 aromatic carbocycles. The molecule has 0 spiro atoms. The standard InChI is InChI=1S/C16H28N4O3/c1-2-3-20-10-13(8-17-20)9-18-4-6-19(7-5-18)14-11-23-12-15(21)16(14)22/h8,10,14-16,21-22H,2-7,9,11-12H2,1H3/t14-,15-,16+/m1/s1. The molecule has 2 aliphatic heterocycles. The summed E-state index contributed by atoms with van der Waals surface area (Å²) in [7, 11) is 0. The summed E-state index contributed by atoms with van der Waals surface area (Å²) in [6.45, 7) is 8.47. The highest BCUT2D eigenvalue weighted by molar-refractivity contribution is 5.04. The van der Waals surface area contributed by atoms with Gasteiger partial charge in [0.2, 0.25) is 0 Å². The third-order valence-electron chi connectivity index (χ3n) is 4.79. The maximum atomic E-state index is 10.1. The fourth-order valence-corrected chi connectivity index (χ4v) is 3.44. The van der Waals surface area contributed by atoms with Gasteiger partial charge in [-0.2, -0.15) is 5.10 Å². The first kappa shape index (κ1) is 16.9. The molecule has 7 nitrogen and oxygen atoms in total. The molecule has 0 radical (unpaired) electrons. The van der Waals surface area contributed by atoms with Crippen molar-refractivity contribution in [3.05, 3.63) is 18.0 Å². The van der Waals surface area contributed by atoms with Crippen molar-refractivity contribution in [3.8, 4) is 0 Å². The maximum Gasteiger partial charge on any atom is 0.105 e. The van der Waals surface area contributed by atoms with E-state index >= 15 is 0 Å². The smallest absolute Gasteiger partial charge is 0.105 e. The van der Waals surface area contributed by atoms with Crippen molar-refractivity contribution in [3.63, 3.8) is 0 Å². The molecule has 2 saturated heterocycles. The third kappa shape index (κ3) is 4.10. The fraction of sp³-hybridized carbons (Fsp3) is 0.812. The van der Waals surface area contributed by atoms with Crippen LogP contribution in [0.5, 0.6) is 0 Å². The van der Waals surface area contributed by atoms with Gasteiger partial charge in [0.1, 0.15) is 6.10 Å². The molecule has 2 N–H and O–H groups in total. The van der Waals surface area contributed by atoms with Crippen LogP contribution in [0.3, 0.4) is 0 Å². The first-order chi connectivity index (χ1) is 11.2. The van der Waals surface area contributed by atoms with Gasteiger partial charge in [-0.3, -0.25) is 14.5 Å². The van der Waals surface area contributed by atoms with E-state index in [0.29, 0.717) is 6.61 Å². The molecule has 23 heavy (non-hydrogen) atoms. The minimum absolute atomic E-state index is 0.0896. The van der Waals surface area contributed by atoms with E-state index in [-0.39, 0.29) is 12.6 Å². The number of aryl methyl sites for hydroxylation is 1. The van der Waals surface area contributed by atoms with Crippen molar-refractivity contribution in [1.82, 2.24) is 19.6 Å². The van der Waals surface area contributed by atoms with E-state index in [1.807, 2.05) is 10.9 Å². The quantitative estimate of drug-likeness (QED) is 0.763. The molecule has 2 fully saturated rings. The summed E-state index contributed by atoms with van der Waals surface area (Å²) < 4.78 is 7.39. The molecule has 0 bridgehead atoms. The van der Waals surface area contributed by atoms with Crippen LogP contribution in [0, 0.1) is 0 Å². The molecule has 0 unspecified atom stereocenters. The molecule has 3 heterocycles. The van der Waals surface area contributed by atoms with Crippen molar-refractivity contribution < 1.29 is 14.9 Å². The van der Waals surface area contributed by atoms with E-state index in [0.717, 1.165) is 45.7 Å². The van der Waals surface area contributed by atoms with Gasteiger partial charge in [-0.05, 0) is 6.42 Å². The maximum absolute atomic E-state index is 10.1. The Morgan fingerprint density at radius 2 is 2.00 bits per heavy atom. The van der Waals surface area contributed by atoms with Gasteiger partial charge in [0, 0.05) is 51.0 Å². The Kier molecular flexibility index (Phi) is 5.66. The summed E-state index contributed by atoms with van der Waals surface area (Å²) in [4.78, 5) is 4.65. The average molecular weight is 324 g/mol. The largest absolute Gasteiger partial charge is 0.389 e. The monoisotopic (exact) mass is 324 g/mol. The van der Waals surface area contributed by atoms with E-state index in [4.69, 9.17) is 4.74 Å². The van der Waals surface area contributed by atoms with Gasteiger partial charge in [-0.1, -0.05) is 6.92 Å².